The van der Waals surface area contributed by atoms with Crippen molar-refractivity contribution in [1.82, 2.24) is 24.9 Å². The molecule has 1 aliphatic rings. The highest BCUT2D eigenvalue weighted by Crippen LogP contribution is 2.23. The molecule has 1 aromatic carbocycles. The fourth-order valence-electron chi connectivity index (χ4n) is 3.98. The Hall–Kier alpha value is -2.81. The summed E-state index contributed by atoms with van der Waals surface area (Å²) in [5, 5.41) is 7.24. The maximum atomic E-state index is 13.2. The van der Waals surface area contributed by atoms with Crippen LogP contribution < -0.4 is 0 Å². The first-order chi connectivity index (χ1) is 15.7. The van der Waals surface area contributed by atoms with E-state index < -0.39 is 0 Å². The second kappa shape index (κ2) is 9.36. The quantitative estimate of drug-likeness (QED) is 0.391. The second-order valence-electron chi connectivity index (χ2n) is 7.74. The predicted octanol–water partition coefficient (Wildman–Crippen LogP) is 4.39. The van der Waals surface area contributed by atoms with Crippen LogP contribution in [0.3, 0.4) is 0 Å². The van der Waals surface area contributed by atoms with Gasteiger partial charge in [-0.15, -0.1) is 11.3 Å². The monoisotopic (exact) mass is 467 g/mol. The Labute approximate surface area is 194 Å². The molecule has 0 saturated carbocycles. The minimum Gasteiger partial charge on any atom is -0.339 e. The van der Waals surface area contributed by atoms with E-state index in [1.807, 2.05) is 46.7 Å². The van der Waals surface area contributed by atoms with Crippen molar-refractivity contribution in [2.75, 3.05) is 32.7 Å². The smallest absolute Gasteiger partial charge is 0.254 e. The molecule has 1 fully saturated rings. The van der Waals surface area contributed by atoms with E-state index in [0.29, 0.717) is 35.5 Å². The SMILES string of the molecule is O=C(c1cc(Cl)nc2ccccc12)N1CCN(CCCc2nc(-c3cccs3)no2)CC1. The van der Waals surface area contributed by atoms with Crippen LogP contribution in [-0.2, 0) is 6.42 Å². The van der Waals surface area contributed by atoms with Crippen molar-refractivity contribution in [3.8, 4) is 10.7 Å². The van der Waals surface area contributed by atoms with Crippen LogP contribution in [0, 0.1) is 0 Å². The molecule has 9 heteroatoms. The number of aryl methyl sites for hydroxylation is 1. The van der Waals surface area contributed by atoms with Crippen LogP contribution in [0.2, 0.25) is 5.15 Å². The molecule has 1 saturated heterocycles. The van der Waals surface area contributed by atoms with E-state index in [2.05, 4.69) is 20.0 Å². The van der Waals surface area contributed by atoms with Gasteiger partial charge in [0.1, 0.15) is 5.15 Å². The maximum Gasteiger partial charge on any atom is 0.254 e. The zero-order chi connectivity index (χ0) is 21.9. The van der Waals surface area contributed by atoms with Gasteiger partial charge in [-0.25, -0.2) is 4.98 Å². The fraction of sp³-hybridized carbons (Fsp3) is 0.304. The molecule has 5 rings (SSSR count). The molecular formula is C23H22ClN5O2S. The summed E-state index contributed by atoms with van der Waals surface area (Å²) in [6.45, 7) is 3.99. The molecule has 0 unspecified atom stereocenters. The molecule has 4 heterocycles. The first-order valence-electron chi connectivity index (χ1n) is 10.6. The number of piperazine rings is 1. The summed E-state index contributed by atoms with van der Waals surface area (Å²) in [5.74, 6) is 1.34. The molecule has 7 nitrogen and oxygen atoms in total. The van der Waals surface area contributed by atoms with Gasteiger partial charge in [0, 0.05) is 38.0 Å². The Bertz CT molecular complexity index is 1220. The van der Waals surface area contributed by atoms with E-state index in [9.17, 15) is 4.79 Å². The number of fused-ring (bicyclic) bond motifs is 1. The number of carbonyl (C=O) groups is 1. The lowest BCUT2D eigenvalue weighted by Gasteiger charge is -2.34. The topological polar surface area (TPSA) is 75.4 Å². The summed E-state index contributed by atoms with van der Waals surface area (Å²) in [4.78, 5) is 27.3. The molecule has 0 bridgehead atoms. The summed E-state index contributed by atoms with van der Waals surface area (Å²) >= 11 is 7.76. The zero-order valence-electron chi connectivity index (χ0n) is 17.4. The van der Waals surface area contributed by atoms with Crippen molar-refractivity contribution < 1.29 is 9.32 Å². The van der Waals surface area contributed by atoms with Gasteiger partial charge in [-0.2, -0.15) is 4.98 Å². The highest BCUT2D eigenvalue weighted by molar-refractivity contribution is 7.13. The third-order valence-electron chi connectivity index (χ3n) is 5.65. The molecule has 0 N–H and O–H groups in total. The number of thiophene rings is 1. The number of halogens is 1. The maximum absolute atomic E-state index is 13.2. The standard InChI is InChI=1S/C23H22ClN5O2S/c24-20-15-17(16-5-1-2-6-18(16)25-20)23(30)29-12-10-28(11-13-29)9-3-8-21-26-22(27-31-21)19-7-4-14-32-19/h1-2,4-7,14-15H,3,8-13H2. The molecule has 32 heavy (non-hydrogen) atoms. The van der Waals surface area contributed by atoms with Crippen molar-refractivity contribution in [2.24, 2.45) is 0 Å². The lowest BCUT2D eigenvalue weighted by molar-refractivity contribution is 0.0637. The number of para-hydroxylation sites is 1. The van der Waals surface area contributed by atoms with E-state index in [1.165, 1.54) is 0 Å². The van der Waals surface area contributed by atoms with Crippen LogP contribution in [0.25, 0.3) is 21.6 Å². The summed E-state index contributed by atoms with van der Waals surface area (Å²) in [5.41, 5.74) is 1.36. The van der Waals surface area contributed by atoms with Gasteiger partial charge in [0.25, 0.3) is 5.91 Å². The number of amides is 1. The van der Waals surface area contributed by atoms with Crippen molar-refractivity contribution in [3.63, 3.8) is 0 Å². The normalized spacial score (nSPS) is 14.8. The fourth-order valence-corrected chi connectivity index (χ4v) is 4.83. The lowest BCUT2D eigenvalue weighted by atomic mass is 10.1. The average molecular weight is 468 g/mol. The zero-order valence-corrected chi connectivity index (χ0v) is 19.0. The number of hydrogen-bond acceptors (Lipinski definition) is 7. The van der Waals surface area contributed by atoms with Gasteiger partial charge in [-0.1, -0.05) is 41.0 Å². The number of carbonyl (C=O) groups excluding carboxylic acids is 1. The van der Waals surface area contributed by atoms with Crippen LogP contribution >= 0.6 is 22.9 Å². The van der Waals surface area contributed by atoms with Crippen molar-refractivity contribution in [3.05, 3.63) is 64.5 Å². The summed E-state index contributed by atoms with van der Waals surface area (Å²) in [6.07, 6.45) is 1.68. The molecule has 4 aromatic rings. The Morgan fingerprint density at radius 1 is 1.09 bits per heavy atom. The molecule has 0 spiro atoms. The van der Waals surface area contributed by atoms with E-state index in [-0.39, 0.29) is 5.91 Å². The highest BCUT2D eigenvalue weighted by Gasteiger charge is 2.24. The number of hydrogen-bond donors (Lipinski definition) is 0. The van der Waals surface area contributed by atoms with Crippen LogP contribution in [0.4, 0.5) is 0 Å². The van der Waals surface area contributed by atoms with Gasteiger partial charge in [0.2, 0.25) is 11.7 Å². The Morgan fingerprint density at radius 2 is 1.94 bits per heavy atom. The molecule has 0 radical (unpaired) electrons. The van der Waals surface area contributed by atoms with Crippen LogP contribution in [0.1, 0.15) is 22.7 Å². The van der Waals surface area contributed by atoms with E-state index in [4.69, 9.17) is 16.1 Å². The van der Waals surface area contributed by atoms with E-state index >= 15 is 0 Å². The van der Waals surface area contributed by atoms with Gasteiger partial charge in [0.05, 0.1) is 16.0 Å². The van der Waals surface area contributed by atoms with Crippen molar-refractivity contribution >= 4 is 39.7 Å². The molecular weight excluding hydrogens is 446 g/mol. The third-order valence-corrected chi connectivity index (χ3v) is 6.71. The molecule has 3 aromatic heterocycles. The van der Waals surface area contributed by atoms with Crippen LogP contribution in [0.5, 0.6) is 0 Å². The van der Waals surface area contributed by atoms with Gasteiger partial charge in [-0.05, 0) is 36.5 Å². The molecule has 1 aliphatic heterocycles. The predicted molar refractivity (Wildman–Crippen MR) is 125 cm³/mol. The number of benzene rings is 1. The first kappa shape index (κ1) is 21.1. The van der Waals surface area contributed by atoms with Crippen LogP contribution in [0.15, 0.2) is 52.4 Å². The van der Waals surface area contributed by atoms with Gasteiger partial charge >= 0.3 is 0 Å². The number of nitrogens with zero attached hydrogens (tertiary/aromatic N) is 5. The average Bonchev–Trinajstić information content (AvgIpc) is 3.51. The Morgan fingerprint density at radius 3 is 2.75 bits per heavy atom. The lowest BCUT2D eigenvalue weighted by Crippen LogP contribution is -2.48. The molecule has 164 valence electrons. The Balaban J connectivity index is 1.14. The van der Waals surface area contributed by atoms with Crippen molar-refractivity contribution in [2.45, 2.75) is 12.8 Å². The summed E-state index contributed by atoms with van der Waals surface area (Å²) in [6, 6.07) is 13.3. The number of rotatable bonds is 6. The molecule has 0 aliphatic carbocycles. The van der Waals surface area contributed by atoms with Gasteiger partial charge < -0.3 is 9.42 Å². The number of aromatic nitrogens is 3. The van der Waals surface area contributed by atoms with E-state index in [1.54, 1.807) is 17.4 Å². The summed E-state index contributed by atoms with van der Waals surface area (Å²) < 4.78 is 5.38. The third kappa shape index (κ3) is 4.53. The Kier molecular flexibility index (Phi) is 6.16. The molecule has 0 atom stereocenters. The minimum atomic E-state index is 0.0112. The number of pyridine rings is 1. The van der Waals surface area contributed by atoms with Crippen LogP contribution in [-0.4, -0.2) is 63.6 Å². The van der Waals surface area contributed by atoms with Crippen molar-refractivity contribution in [1.29, 1.82) is 0 Å². The van der Waals surface area contributed by atoms with Gasteiger partial charge in [-0.3, -0.25) is 9.69 Å². The summed E-state index contributed by atoms with van der Waals surface area (Å²) in [7, 11) is 0. The molecule has 1 amide bonds. The second-order valence-corrected chi connectivity index (χ2v) is 9.07. The minimum absolute atomic E-state index is 0.0112. The van der Waals surface area contributed by atoms with Gasteiger partial charge in [0.15, 0.2) is 0 Å². The highest BCUT2D eigenvalue weighted by atomic mass is 35.5. The van der Waals surface area contributed by atoms with E-state index in [0.717, 1.165) is 48.3 Å². The largest absolute Gasteiger partial charge is 0.339 e. The first-order valence-corrected chi connectivity index (χ1v) is 11.9.